The molecule has 0 saturated carbocycles. The average molecular weight is 362 g/mol. The first-order valence-corrected chi connectivity index (χ1v) is 8.52. The van der Waals surface area contributed by atoms with Crippen molar-refractivity contribution in [2.75, 3.05) is 7.11 Å². The number of cyclic esters (lactones) is 1. The highest BCUT2D eigenvalue weighted by Gasteiger charge is 2.40. The first kappa shape index (κ1) is 17.1. The molecular formula is C21H18N2O4. The van der Waals surface area contributed by atoms with Crippen LogP contribution in [0.5, 0.6) is 0 Å². The number of carbonyl (C=O) groups excluding carboxylic acids is 2. The fourth-order valence-corrected chi connectivity index (χ4v) is 3.41. The van der Waals surface area contributed by atoms with Crippen molar-refractivity contribution in [3.63, 3.8) is 0 Å². The molecule has 2 aromatic carbocycles. The summed E-state index contributed by atoms with van der Waals surface area (Å²) in [6.45, 7) is 2.01. The third-order valence-electron chi connectivity index (χ3n) is 4.66. The lowest BCUT2D eigenvalue weighted by molar-refractivity contribution is -0.142. The molecule has 1 aliphatic rings. The summed E-state index contributed by atoms with van der Waals surface area (Å²) in [5.41, 5.74) is 6.14. The minimum Gasteiger partial charge on any atom is -0.449 e. The minimum absolute atomic E-state index is 0.0603. The summed E-state index contributed by atoms with van der Waals surface area (Å²) < 4.78 is 5.57. The Bertz CT molecular complexity index is 1070. The molecule has 1 aromatic heterocycles. The van der Waals surface area contributed by atoms with Crippen LogP contribution in [-0.4, -0.2) is 24.0 Å². The van der Waals surface area contributed by atoms with Crippen LogP contribution >= 0.6 is 0 Å². The molecule has 3 aromatic rings. The summed E-state index contributed by atoms with van der Waals surface area (Å²) in [5.74, 6) is -1.31. The summed E-state index contributed by atoms with van der Waals surface area (Å²) in [6.07, 6.45) is -0.676. The van der Waals surface area contributed by atoms with Crippen molar-refractivity contribution in [2.24, 2.45) is 0 Å². The first-order valence-electron chi connectivity index (χ1n) is 8.52. The van der Waals surface area contributed by atoms with Gasteiger partial charge in [-0.2, -0.15) is 0 Å². The molecule has 2 heterocycles. The molecule has 2 N–H and O–H groups in total. The molecule has 0 aliphatic carbocycles. The number of hydroxylamine groups is 1. The zero-order valence-electron chi connectivity index (χ0n) is 14.9. The van der Waals surface area contributed by atoms with Crippen LogP contribution in [0.15, 0.2) is 60.2 Å². The van der Waals surface area contributed by atoms with Crippen molar-refractivity contribution in [3.05, 3.63) is 77.0 Å². The second-order valence-corrected chi connectivity index (χ2v) is 6.34. The molecule has 0 fully saturated rings. The van der Waals surface area contributed by atoms with Crippen LogP contribution < -0.4 is 5.48 Å². The molecule has 0 saturated heterocycles. The number of carbonyl (C=O) groups is 2. The van der Waals surface area contributed by atoms with E-state index in [1.807, 2.05) is 61.5 Å². The van der Waals surface area contributed by atoms with Crippen LogP contribution in [0.25, 0.3) is 16.5 Å². The molecule has 0 bridgehead atoms. The van der Waals surface area contributed by atoms with Crippen LogP contribution in [0.1, 0.15) is 22.9 Å². The first-order chi connectivity index (χ1) is 13.1. The molecule has 136 valence electrons. The number of fused-ring (bicyclic) bond motifs is 1. The molecule has 4 rings (SSSR count). The summed E-state index contributed by atoms with van der Waals surface area (Å²) in [7, 11) is 1.32. The van der Waals surface area contributed by atoms with Crippen LogP contribution in [-0.2, 0) is 19.2 Å². The largest absolute Gasteiger partial charge is 0.449 e. The molecule has 27 heavy (non-hydrogen) atoms. The van der Waals surface area contributed by atoms with E-state index < -0.39 is 18.0 Å². The molecule has 0 spiro atoms. The summed E-state index contributed by atoms with van der Waals surface area (Å²) in [6, 6.07) is 17.2. The van der Waals surface area contributed by atoms with Crippen LogP contribution in [0, 0.1) is 6.92 Å². The number of nitrogens with one attached hydrogen (secondary N) is 2. The summed E-state index contributed by atoms with van der Waals surface area (Å²) >= 11 is 0. The van der Waals surface area contributed by atoms with Gasteiger partial charge in [-0.15, -0.1) is 0 Å². The van der Waals surface area contributed by atoms with Gasteiger partial charge in [-0.05, 0) is 30.2 Å². The van der Waals surface area contributed by atoms with Gasteiger partial charge < -0.3 is 9.72 Å². The zero-order valence-corrected chi connectivity index (χ0v) is 14.9. The maximum absolute atomic E-state index is 12.5. The maximum Gasteiger partial charge on any atom is 0.345 e. The number of hydrogen-bond donors (Lipinski definition) is 2. The van der Waals surface area contributed by atoms with E-state index in [1.165, 1.54) is 7.11 Å². The topological polar surface area (TPSA) is 80.4 Å². The number of rotatable bonds is 4. The molecule has 1 unspecified atom stereocenters. The van der Waals surface area contributed by atoms with Crippen LogP contribution in [0.3, 0.4) is 0 Å². The second-order valence-electron chi connectivity index (χ2n) is 6.34. The molecule has 1 aliphatic heterocycles. The van der Waals surface area contributed by atoms with Gasteiger partial charge in [-0.3, -0.25) is 9.63 Å². The number of aromatic nitrogens is 1. The lowest BCUT2D eigenvalue weighted by Gasteiger charge is -2.13. The number of amides is 1. The van der Waals surface area contributed by atoms with Gasteiger partial charge in [0, 0.05) is 22.2 Å². The van der Waals surface area contributed by atoms with Crippen molar-refractivity contribution in [3.8, 4) is 0 Å². The fourth-order valence-electron chi connectivity index (χ4n) is 3.41. The van der Waals surface area contributed by atoms with E-state index >= 15 is 0 Å². The molecule has 6 heteroatoms. The Hall–Kier alpha value is -3.38. The van der Waals surface area contributed by atoms with Crippen molar-refractivity contribution in [1.29, 1.82) is 0 Å². The highest BCUT2D eigenvalue weighted by Crippen LogP contribution is 2.42. The Morgan fingerprint density at radius 1 is 1.15 bits per heavy atom. The summed E-state index contributed by atoms with van der Waals surface area (Å²) in [5, 5.41) is 1.03. The summed E-state index contributed by atoms with van der Waals surface area (Å²) in [4.78, 5) is 33.1. The van der Waals surface area contributed by atoms with Crippen LogP contribution in [0.4, 0.5) is 0 Å². The van der Waals surface area contributed by atoms with Crippen molar-refractivity contribution >= 4 is 28.4 Å². The lowest BCUT2D eigenvalue weighted by atomic mass is 9.96. The van der Waals surface area contributed by atoms with Gasteiger partial charge in [0.15, 0.2) is 6.10 Å². The van der Waals surface area contributed by atoms with Crippen molar-refractivity contribution in [2.45, 2.75) is 13.0 Å². The second kappa shape index (κ2) is 6.74. The Morgan fingerprint density at radius 3 is 2.63 bits per heavy atom. The van der Waals surface area contributed by atoms with E-state index in [0.29, 0.717) is 11.3 Å². The Labute approximate surface area is 155 Å². The fraction of sp³-hybridized carbons (Fsp3) is 0.143. The van der Waals surface area contributed by atoms with Crippen LogP contribution in [0.2, 0.25) is 0 Å². The van der Waals surface area contributed by atoms with Gasteiger partial charge >= 0.3 is 5.97 Å². The van der Waals surface area contributed by atoms with E-state index in [1.54, 1.807) is 0 Å². The average Bonchev–Trinajstić information content (AvgIpc) is 3.24. The number of aromatic amines is 1. The predicted octanol–water partition coefficient (Wildman–Crippen LogP) is 3.21. The van der Waals surface area contributed by atoms with E-state index in [2.05, 4.69) is 10.5 Å². The van der Waals surface area contributed by atoms with Gasteiger partial charge in [-0.25, -0.2) is 10.3 Å². The Morgan fingerprint density at radius 2 is 1.93 bits per heavy atom. The van der Waals surface area contributed by atoms with Crippen molar-refractivity contribution < 1.29 is 19.2 Å². The highest BCUT2D eigenvalue weighted by molar-refractivity contribution is 6.24. The molecule has 6 nitrogen and oxygen atoms in total. The normalized spacial score (nSPS) is 16.7. The van der Waals surface area contributed by atoms with Gasteiger partial charge in [0.1, 0.15) is 5.57 Å². The molecular weight excluding hydrogens is 344 g/mol. The minimum atomic E-state index is -0.677. The highest BCUT2D eigenvalue weighted by atomic mass is 16.6. The number of ether oxygens (including phenoxy) is 1. The number of benzene rings is 2. The third-order valence-corrected chi connectivity index (χ3v) is 4.66. The maximum atomic E-state index is 12.5. The smallest absolute Gasteiger partial charge is 0.345 e. The number of aryl methyl sites for hydroxylation is 1. The Balaban J connectivity index is 1.93. The van der Waals surface area contributed by atoms with E-state index in [0.717, 1.165) is 22.0 Å². The quantitative estimate of drug-likeness (QED) is 0.424. The number of H-pyrrole nitrogens is 1. The zero-order chi connectivity index (χ0) is 19.0. The molecule has 0 radical (unpaired) electrons. The van der Waals surface area contributed by atoms with Gasteiger partial charge in [0.05, 0.1) is 7.11 Å². The third kappa shape index (κ3) is 2.90. The molecule has 1 amide bonds. The number of hydrogen-bond acceptors (Lipinski definition) is 4. The standard InChI is InChI=1S/C21H18N2O4/c1-12-7-6-10-15-14(12)11-16(22-15)17-18(20(24)23-26-2)21(25)27-19(17)13-8-4-3-5-9-13/h3-11,19,22H,1-2H3,(H,23,24). The monoisotopic (exact) mass is 362 g/mol. The number of esters is 1. The van der Waals surface area contributed by atoms with E-state index in [-0.39, 0.29) is 5.57 Å². The predicted molar refractivity (Wildman–Crippen MR) is 100 cm³/mol. The van der Waals surface area contributed by atoms with E-state index in [4.69, 9.17) is 9.57 Å². The lowest BCUT2D eigenvalue weighted by Crippen LogP contribution is -2.26. The van der Waals surface area contributed by atoms with Crippen molar-refractivity contribution in [1.82, 2.24) is 10.5 Å². The van der Waals surface area contributed by atoms with Gasteiger partial charge in [0.25, 0.3) is 5.91 Å². The van der Waals surface area contributed by atoms with E-state index in [9.17, 15) is 9.59 Å². The Kier molecular flexibility index (Phi) is 4.25. The molecule has 1 atom stereocenters. The SMILES string of the molecule is CONC(=O)C1=C(c2cc3c(C)cccc3[nH]2)C(c2ccccc2)OC1=O. The van der Waals surface area contributed by atoms with Gasteiger partial charge in [0.2, 0.25) is 0 Å². The van der Waals surface area contributed by atoms with Gasteiger partial charge in [-0.1, -0.05) is 42.5 Å².